The fourth-order valence-electron chi connectivity index (χ4n) is 2.46. The van der Waals surface area contributed by atoms with E-state index < -0.39 is 5.97 Å². The molecule has 0 aliphatic heterocycles. The van der Waals surface area contributed by atoms with Gasteiger partial charge in [0.15, 0.2) is 0 Å². The molecule has 0 heterocycles. The summed E-state index contributed by atoms with van der Waals surface area (Å²) in [4.78, 5) is 27.6. The normalized spacial score (nSPS) is 10.7. The topological polar surface area (TPSA) is 88.0 Å². The molecule has 1 amide bonds. The summed E-state index contributed by atoms with van der Waals surface area (Å²) in [7, 11) is 0. The van der Waals surface area contributed by atoms with Crippen LogP contribution in [0.4, 0.5) is 11.4 Å². The van der Waals surface area contributed by atoms with Crippen molar-refractivity contribution in [3.05, 3.63) is 82.3 Å². The molecular weight excluding hydrogens is 436 g/mol. The maximum absolute atomic E-state index is 12.2. The number of phenolic OH excluding ortho intramolecular Hbond substituents is 1. The first-order valence-corrected chi connectivity index (χ1v) is 9.43. The molecule has 0 aliphatic carbocycles. The van der Waals surface area contributed by atoms with Crippen LogP contribution in [0.15, 0.2) is 76.2 Å². The highest BCUT2D eigenvalue weighted by Crippen LogP contribution is 2.25. The monoisotopic (exact) mass is 452 g/mol. The van der Waals surface area contributed by atoms with E-state index in [0.717, 1.165) is 0 Å². The minimum atomic E-state index is -0.530. The number of halogens is 1. The van der Waals surface area contributed by atoms with Gasteiger partial charge in [-0.15, -0.1) is 0 Å². The van der Waals surface area contributed by atoms with E-state index in [1.807, 2.05) is 0 Å². The molecule has 7 heteroatoms. The lowest BCUT2D eigenvalue weighted by Crippen LogP contribution is -2.09. The Labute approximate surface area is 176 Å². The lowest BCUT2D eigenvalue weighted by molar-refractivity contribution is -0.114. The number of hydrogen-bond acceptors (Lipinski definition) is 5. The van der Waals surface area contributed by atoms with Crippen molar-refractivity contribution in [2.45, 2.75) is 6.92 Å². The highest BCUT2D eigenvalue weighted by atomic mass is 79.9. The largest absolute Gasteiger partial charge is 0.507 e. The Kier molecular flexibility index (Phi) is 6.41. The average molecular weight is 453 g/mol. The van der Waals surface area contributed by atoms with Crippen LogP contribution in [-0.2, 0) is 4.79 Å². The fourth-order valence-corrected chi connectivity index (χ4v) is 2.91. The van der Waals surface area contributed by atoms with Gasteiger partial charge < -0.3 is 15.2 Å². The highest BCUT2D eigenvalue weighted by molar-refractivity contribution is 9.10. The van der Waals surface area contributed by atoms with Crippen molar-refractivity contribution in [3.63, 3.8) is 0 Å². The van der Waals surface area contributed by atoms with Gasteiger partial charge in [0.05, 0.1) is 11.3 Å². The summed E-state index contributed by atoms with van der Waals surface area (Å²) in [5.74, 6) is -0.523. The average Bonchev–Trinajstić information content (AvgIpc) is 2.68. The lowest BCUT2D eigenvalue weighted by Gasteiger charge is -2.07. The van der Waals surface area contributed by atoms with Crippen LogP contribution in [0.1, 0.15) is 22.8 Å². The number of rotatable bonds is 5. The van der Waals surface area contributed by atoms with Gasteiger partial charge in [-0.05, 0) is 64.5 Å². The first-order chi connectivity index (χ1) is 13.9. The number of nitrogens with zero attached hydrogens (tertiary/aromatic N) is 1. The number of esters is 1. The Morgan fingerprint density at radius 2 is 1.79 bits per heavy atom. The zero-order chi connectivity index (χ0) is 20.8. The number of carbonyl (C=O) groups is 2. The minimum Gasteiger partial charge on any atom is -0.507 e. The predicted molar refractivity (Wildman–Crippen MR) is 115 cm³/mol. The van der Waals surface area contributed by atoms with Crippen LogP contribution in [0, 0.1) is 0 Å². The van der Waals surface area contributed by atoms with E-state index in [4.69, 9.17) is 4.74 Å². The first-order valence-electron chi connectivity index (χ1n) is 8.64. The van der Waals surface area contributed by atoms with Gasteiger partial charge in [0.25, 0.3) is 0 Å². The molecular formula is C22H17BrN2O4. The molecule has 3 aromatic rings. The molecule has 0 spiro atoms. The van der Waals surface area contributed by atoms with Gasteiger partial charge >= 0.3 is 5.97 Å². The van der Waals surface area contributed by atoms with Gasteiger partial charge in [0, 0.05) is 34.9 Å². The van der Waals surface area contributed by atoms with E-state index in [0.29, 0.717) is 27.0 Å². The molecule has 6 nitrogen and oxygen atoms in total. The number of phenols is 1. The number of anilines is 1. The van der Waals surface area contributed by atoms with Gasteiger partial charge in [-0.2, -0.15) is 0 Å². The zero-order valence-corrected chi connectivity index (χ0v) is 17.0. The summed E-state index contributed by atoms with van der Waals surface area (Å²) in [6, 6.07) is 18.4. The number of aromatic hydroxyl groups is 1. The third kappa shape index (κ3) is 5.52. The fraction of sp³-hybridized carbons (Fsp3) is 0.0455. The third-order valence-electron chi connectivity index (χ3n) is 3.85. The third-order valence-corrected chi connectivity index (χ3v) is 4.54. The van der Waals surface area contributed by atoms with Crippen molar-refractivity contribution in [3.8, 4) is 11.5 Å². The summed E-state index contributed by atoms with van der Waals surface area (Å²) >= 11 is 3.31. The van der Waals surface area contributed by atoms with Crippen LogP contribution in [0.2, 0.25) is 0 Å². The molecule has 0 unspecified atom stereocenters. The van der Waals surface area contributed by atoms with E-state index in [-0.39, 0.29) is 17.4 Å². The van der Waals surface area contributed by atoms with E-state index in [1.54, 1.807) is 60.7 Å². The Balaban J connectivity index is 1.69. The number of aliphatic imine (C=N–C) groups is 1. The molecule has 0 bridgehead atoms. The van der Waals surface area contributed by atoms with Crippen molar-refractivity contribution in [1.29, 1.82) is 0 Å². The lowest BCUT2D eigenvalue weighted by atomic mass is 10.2. The molecule has 2 N–H and O–H groups in total. The van der Waals surface area contributed by atoms with Crippen LogP contribution >= 0.6 is 15.9 Å². The number of carbonyl (C=O) groups excluding carboxylic acids is 2. The van der Waals surface area contributed by atoms with Gasteiger partial charge in [-0.1, -0.05) is 12.1 Å². The van der Waals surface area contributed by atoms with Crippen LogP contribution in [0.25, 0.3) is 0 Å². The Morgan fingerprint density at radius 1 is 1.07 bits per heavy atom. The van der Waals surface area contributed by atoms with Crippen molar-refractivity contribution in [2.75, 3.05) is 5.32 Å². The van der Waals surface area contributed by atoms with E-state index in [9.17, 15) is 14.7 Å². The maximum atomic E-state index is 12.2. The molecule has 0 saturated heterocycles. The summed E-state index contributed by atoms with van der Waals surface area (Å²) in [5.41, 5.74) is 2.19. The number of ether oxygens (including phenoxy) is 1. The van der Waals surface area contributed by atoms with E-state index in [2.05, 4.69) is 26.2 Å². The SMILES string of the molecule is CC(=O)Nc1ccc(N=Cc2ccc(OC(=O)c3ccccc3Br)cc2O)cc1. The maximum Gasteiger partial charge on any atom is 0.344 e. The summed E-state index contributed by atoms with van der Waals surface area (Å²) in [5, 5.41) is 12.9. The van der Waals surface area contributed by atoms with Gasteiger partial charge in [-0.25, -0.2) is 4.79 Å². The molecule has 29 heavy (non-hydrogen) atoms. The Bertz CT molecular complexity index is 1080. The number of benzene rings is 3. The molecule has 146 valence electrons. The van der Waals surface area contributed by atoms with Gasteiger partial charge in [0.1, 0.15) is 11.5 Å². The molecule has 0 aliphatic rings. The standard InChI is InChI=1S/C22H17BrN2O4/c1-14(26)25-17-9-7-16(8-10-17)24-13-15-6-11-18(12-21(15)27)29-22(28)19-4-2-3-5-20(19)23/h2-13,27H,1H3,(H,25,26). The number of nitrogens with one attached hydrogen (secondary N) is 1. The summed E-state index contributed by atoms with van der Waals surface area (Å²) in [6.07, 6.45) is 1.50. The molecule has 0 radical (unpaired) electrons. The number of amides is 1. The second-order valence-electron chi connectivity index (χ2n) is 6.08. The molecule has 3 rings (SSSR count). The second kappa shape index (κ2) is 9.16. The van der Waals surface area contributed by atoms with E-state index >= 15 is 0 Å². The molecule has 0 fully saturated rings. The highest BCUT2D eigenvalue weighted by Gasteiger charge is 2.12. The zero-order valence-electron chi connectivity index (χ0n) is 15.4. The van der Waals surface area contributed by atoms with Crippen LogP contribution in [0.3, 0.4) is 0 Å². The summed E-state index contributed by atoms with van der Waals surface area (Å²) < 4.78 is 5.94. The van der Waals surface area contributed by atoms with Crippen LogP contribution in [-0.4, -0.2) is 23.2 Å². The van der Waals surface area contributed by atoms with Crippen molar-refractivity contribution in [1.82, 2.24) is 0 Å². The minimum absolute atomic E-state index is 0.0685. The van der Waals surface area contributed by atoms with Crippen molar-refractivity contribution in [2.24, 2.45) is 4.99 Å². The first kappa shape index (κ1) is 20.3. The molecule has 3 aromatic carbocycles. The second-order valence-corrected chi connectivity index (χ2v) is 6.93. The van der Waals surface area contributed by atoms with Crippen LogP contribution in [0.5, 0.6) is 11.5 Å². The predicted octanol–water partition coefficient (Wildman–Crippen LogP) is 5.08. The Morgan fingerprint density at radius 3 is 2.45 bits per heavy atom. The number of hydrogen-bond donors (Lipinski definition) is 2. The van der Waals surface area contributed by atoms with Crippen molar-refractivity contribution >= 4 is 45.4 Å². The van der Waals surface area contributed by atoms with Crippen molar-refractivity contribution < 1.29 is 19.4 Å². The van der Waals surface area contributed by atoms with E-state index in [1.165, 1.54) is 19.2 Å². The van der Waals surface area contributed by atoms with Gasteiger partial charge in [-0.3, -0.25) is 9.79 Å². The molecule has 0 saturated carbocycles. The van der Waals surface area contributed by atoms with Gasteiger partial charge in [0.2, 0.25) is 5.91 Å². The molecule has 0 atom stereocenters. The van der Waals surface area contributed by atoms with Crippen LogP contribution < -0.4 is 10.1 Å². The smallest absolute Gasteiger partial charge is 0.344 e. The quantitative estimate of drug-likeness (QED) is 0.320. The molecule has 0 aromatic heterocycles. The Hall–Kier alpha value is -3.45. The summed E-state index contributed by atoms with van der Waals surface area (Å²) in [6.45, 7) is 1.44.